The summed E-state index contributed by atoms with van der Waals surface area (Å²) in [4.78, 5) is 17.4. The number of anilines is 1. The Kier molecular flexibility index (Phi) is 4.34. The van der Waals surface area contributed by atoms with Gasteiger partial charge < -0.3 is 14.3 Å². The van der Waals surface area contributed by atoms with Crippen LogP contribution in [-0.2, 0) is 10.2 Å². The first kappa shape index (κ1) is 17.9. The minimum absolute atomic E-state index is 0.143. The molecule has 0 N–H and O–H groups in total. The normalized spacial score (nSPS) is 18.0. The molecule has 1 saturated carbocycles. The van der Waals surface area contributed by atoms with E-state index in [1.807, 2.05) is 41.3 Å². The standard InChI is InChI=1S/C23H22FN3O2/c24-18-6-8-19(9-7-18)26-12-14-27(15-13-26)22(28)23(10-11-23)21-16-20(29-25-21)17-4-2-1-3-5-17/h1-9,16H,10-15H2. The first-order valence-corrected chi connectivity index (χ1v) is 9.98. The predicted octanol–water partition coefficient (Wildman–Crippen LogP) is 3.86. The summed E-state index contributed by atoms with van der Waals surface area (Å²) in [6, 6.07) is 18.2. The molecule has 6 heteroatoms. The number of halogens is 1. The van der Waals surface area contributed by atoms with Gasteiger partial charge in [0, 0.05) is 43.5 Å². The molecule has 29 heavy (non-hydrogen) atoms. The molecule has 2 heterocycles. The molecule has 3 aromatic rings. The zero-order valence-corrected chi connectivity index (χ0v) is 16.1. The van der Waals surface area contributed by atoms with E-state index in [0.29, 0.717) is 18.8 Å². The van der Waals surface area contributed by atoms with Gasteiger partial charge in [-0.2, -0.15) is 0 Å². The van der Waals surface area contributed by atoms with Crippen molar-refractivity contribution in [2.75, 3.05) is 31.1 Å². The number of benzene rings is 2. The van der Waals surface area contributed by atoms with Crippen molar-refractivity contribution in [2.24, 2.45) is 0 Å². The summed E-state index contributed by atoms with van der Waals surface area (Å²) in [6.45, 7) is 2.78. The SMILES string of the molecule is O=C(N1CCN(c2ccc(F)cc2)CC1)C1(c2cc(-c3ccccc3)on2)CC1. The number of rotatable bonds is 4. The molecule has 0 atom stereocenters. The molecule has 0 radical (unpaired) electrons. The van der Waals surface area contributed by atoms with Crippen molar-refractivity contribution in [3.63, 3.8) is 0 Å². The van der Waals surface area contributed by atoms with E-state index in [0.717, 1.165) is 42.9 Å². The van der Waals surface area contributed by atoms with E-state index in [-0.39, 0.29) is 11.7 Å². The van der Waals surface area contributed by atoms with Crippen LogP contribution in [0.3, 0.4) is 0 Å². The first-order chi connectivity index (χ1) is 14.2. The molecule has 1 aromatic heterocycles. The van der Waals surface area contributed by atoms with Gasteiger partial charge in [0.15, 0.2) is 5.76 Å². The second kappa shape index (κ2) is 7.03. The fourth-order valence-corrected chi connectivity index (χ4v) is 4.07. The summed E-state index contributed by atoms with van der Waals surface area (Å²) in [6.07, 6.45) is 1.62. The van der Waals surface area contributed by atoms with E-state index in [2.05, 4.69) is 10.1 Å². The monoisotopic (exact) mass is 391 g/mol. The van der Waals surface area contributed by atoms with Crippen molar-refractivity contribution < 1.29 is 13.7 Å². The van der Waals surface area contributed by atoms with Crippen molar-refractivity contribution in [3.05, 3.63) is 72.2 Å². The van der Waals surface area contributed by atoms with Crippen LogP contribution >= 0.6 is 0 Å². The topological polar surface area (TPSA) is 49.6 Å². The highest BCUT2D eigenvalue weighted by atomic mass is 19.1. The Labute approximate surface area is 168 Å². The molecule has 2 aromatic carbocycles. The molecule has 5 rings (SSSR count). The summed E-state index contributed by atoms with van der Waals surface area (Å²) in [5.41, 5.74) is 2.16. The van der Waals surface area contributed by atoms with Crippen LogP contribution in [0.15, 0.2) is 65.2 Å². The largest absolute Gasteiger partial charge is 0.368 e. The second-order valence-electron chi connectivity index (χ2n) is 7.78. The Balaban J connectivity index is 1.28. The predicted molar refractivity (Wildman–Crippen MR) is 108 cm³/mol. The number of nitrogens with zero attached hydrogens (tertiary/aromatic N) is 3. The summed E-state index contributed by atoms with van der Waals surface area (Å²) < 4.78 is 18.7. The quantitative estimate of drug-likeness (QED) is 0.678. The van der Waals surface area contributed by atoms with Crippen molar-refractivity contribution in [3.8, 4) is 11.3 Å². The fraction of sp³-hybridized carbons (Fsp3) is 0.304. The molecule has 2 fully saturated rings. The van der Waals surface area contributed by atoms with E-state index >= 15 is 0 Å². The van der Waals surface area contributed by atoms with Crippen LogP contribution in [0.25, 0.3) is 11.3 Å². The van der Waals surface area contributed by atoms with Gasteiger partial charge in [0.25, 0.3) is 0 Å². The number of aromatic nitrogens is 1. The van der Waals surface area contributed by atoms with Crippen LogP contribution in [0.4, 0.5) is 10.1 Å². The third-order valence-electron chi connectivity index (χ3n) is 5.98. The van der Waals surface area contributed by atoms with Gasteiger partial charge in [-0.05, 0) is 37.1 Å². The maximum Gasteiger partial charge on any atom is 0.235 e. The molecule has 1 aliphatic carbocycles. The Bertz CT molecular complexity index is 1000. The minimum Gasteiger partial charge on any atom is -0.368 e. The number of carbonyl (C=O) groups excluding carboxylic acids is 1. The van der Waals surface area contributed by atoms with Gasteiger partial charge in [0.1, 0.15) is 5.82 Å². The average molecular weight is 391 g/mol. The number of carbonyl (C=O) groups is 1. The van der Waals surface area contributed by atoms with Gasteiger partial charge in [-0.1, -0.05) is 35.5 Å². The highest BCUT2D eigenvalue weighted by Crippen LogP contribution is 2.50. The average Bonchev–Trinajstić information content (AvgIpc) is 3.43. The van der Waals surface area contributed by atoms with E-state index in [1.54, 1.807) is 12.1 Å². The molecule has 148 valence electrons. The molecular formula is C23H22FN3O2. The molecule has 1 aliphatic heterocycles. The van der Waals surface area contributed by atoms with E-state index < -0.39 is 5.41 Å². The summed E-state index contributed by atoms with van der Waals surface area (Å²) in [5, 5.41) is 4.25. The molecule has 0 bridgehead atoms. The minimum atomic E-state index is -0.533. The van der Waals surface area contributed by atoms with Gasteiger partial charge in [0.2, 0.25) is 5.91 Å². The first-order valence-electron chi connectivity index (χ1n) is 9.98. The van der Waals surface area contributed by atoms with Crippen LogP contribution < -0.4 is 4.90 Å². The molecule has 2 aliphatic rings. The highest BCUT2D eigenvalue weighted by Gasteiger charge is 2.55. The molecule has 0 unspecified atom stereocenters. The molecule has 5 nitrogen and oxygen atoms in total. The fourth-order valence-electron chi connectivity index (χ4n) is 4.07. The Morgan fingerprint density at radius 1 is 0.966 bits per heavy atom. The molecule has 1 saturated heterocycles. The van der Waals surface area contributed by atoms with Crippen molar-refractivity contribution in [1.29, 1.82) is 0 Å². The van der Waals surface area contributed by atoms with Crippen LogP contribution in [0.2, 0.25) is 0 Å². The van der Waals surface area contributed by atoms with E-state index in [4.69, 9.17) is 4.52 Å². The van der Waals surface area contributed by atoms with Gasteiger partial charge in [-0.3, -0.25) is 4.79 Å². The lowest BCUT2D eigenvalue weighted by Gasteiger charge is -2.37. The maximum absolute atomic E-state index is 13.3. The lowest BCUT2D eigenvalue weighted by Crippen LogP contribution is -2.51. The molecular weight excluding hydrogens is 369 g/mol. The second-order valence-corrected chi connectivity index (χ2v) is 7.78. The lowest BCUT2D eigenvalue weighted by molar-refractivity contribution is -0.134. The van der Waals surface area contributed by atoms with Gasteiger partial charge in [-0.15, -0.1) is 0 Å². The zero-order chi connectivity index (χ0) is 19.8. The van der Waals surface area contributed by atoms with E-state index in [1.165, 1.54) is 12.1 Å². The summed E-state index contributed by atoms with van der Waals surface area (Å²) >= 11 is 0. The Morgan fingerprint density at radius 2 is 1.66 bits per heavy atom. The van der Waals surface area contributed by atoms with Crippen molar-refractivity contribution >= 4 is 11.6 Å². The summed E-state index contributed by atoms with van der Waals surface area (Å²) in [7, 11) is 0. The number of piperazine rings is 1. The number of hydrogen-bond acceptors (Lipinski definition) is 4. The zero-order valence-electron chi connectivity index (χ0n) is 16.1. The van der Waals surface area contributed by atoms with E-state index in [9.17, 15) is 9.18 Å². The van der Waals surface area contributed by atoms with Crippen molar-refractivity contribution in [1.82, 2.24) is 10.1 Å². The lowest BCUT2D eigenvalue weighted by atomic mass is 9.99. The van der Waals surface area contributed by atoms with Crippen LogP contribution in [0, 0.1) is 5.82 Å². The van der Waals surface area contributed by atoms with Crippen molar-refractivity contribution in [2.45, 2.75) is 18.3 Å². The van der Waals surface area contributed by atoms with Gasteiger partial charge >= 0.3 is 0 Å². The highest BCUT2D eigenvalue weighted by molar-refractivity contribution is 5.91. The Morgan fingerprint density at radius 3 is 2.31 bits per heavy atom. The third-order valence-corrected chi connectivity index (χ3v) is 5.98. The van der Waals surface area contributed by atoms with Crippen LogP contribution in [0.5, 0.6) is 0 Å². The summed E-state index contributed by atoms with van der Waals surface area (Å²) in [5.74, 6) is 0.602. The van der Waals surface area contributed by atoms with Gasteiger partial charge in [0.05, 0.1) is 11.1 Å². The molecule has 0 spiro atoms. The maximum atomic E-state index is 13.3. The van der Waals surface area contributed by atoms with Gasteiger partial charge in [-0.25, -0.2) is 4.39 Å². The van der Waals surface area contributed by atoms with Crippen LogP contribution in [0.1, 0.15) is 18.5 Å². The smallest absolute Gasteiger partial charge is 0.235 e. The Hall–Kier alpha value is -3.15. The number of amides is 1. The van der Waals surface area contributed by atoms with Crippen LogP contribution in [-0.4, -0.2) is 42.1 Å². The third kappa shape index (κ3) is 3.28. The number of hydrogen-bond donors (Lipinski definition) is 0. The molecule has 1 amide bonds.